The van der Waals surface area contributed by atoms with Gasteiger partial charge in [0, 0.05) is 6.42 Å². The Hall–Kier alpha value is -1.88. The van der Waals surface area contributed by atoms with Crippen LogP contribution in [0, 0.1) is 5.92 Å². The zero-order valence-electron chi connectivity index (χ0n) is 12.3. The van der Waals surface area contributed by atoms with Crippen molar-refractivity contribution in [2.75, 3.05) is 13.2 Å². The fourth-order valence-corrected chi connectivity index (χ4v) is 2.52. The third-order valence-corrected chi connectivity index (χ3v) is 3.98. The summed E-state index contributed by atoms with van der Waals surface area (Å²) in [6.07, 6.45) is 2.66. The fourth-order valence-electron chi connectivity index (χ4n) is 2.52. The second kappa shape index (κ2) is 6.26. The van der Waals surface area contributed by atoms with Gasteiger partial charge >= 0.3 is 0 Å². The van der Waals surface area contributed by atoms with Crippen molar-refractivity contribution < 1.29 is 9.26 Å². The number of benzene rings is 1. The van der Waals surface area contributed by atoms with E-state index in [1.54, 1.807) is 0 Å². The van der Waals surface area contributed by atoms with Gasteiger partial charge in [-0.2, -0.15) is 4.98 Å². The van der Waals surface area contributed by atoms with E-state index >= 15 is 0 Å². The van der Waals surface area contributed by atoms with Crippen LogP contribution in [0.25, 0.3) is 0 Å². The highest BCUT2D eigenvalue weighted by molar-refractivity contribution is 5.36. The second-order valence-corrected chi connectivity index (χ2v) is 5.75. The van der Waals surface area contributed by atoms with E-state index in [0.29, 0.717) is 25.0 Å². The first-order valence-corrected chi connectivity index (χ1v) is 7.49. The summed E-state index contributed by atoms with van der Waals surface area (Å²) in [6, 6.07) is 8.11. The number of aryl methyl sites for hydroxylation is 1. The lowest BCUT2D eigenvalue weighted by Gasteiger charge is -2.22. The van der Waals surface area contributed by atoms with Gasteiger partial charge in [-0.3, -0.25) is 0 Å². The van der Waals surface area contributed by atoms with Crippen molar-refractivity contribution in [2.45, 2.75) is 32.1 Å². The first-order valence-electron chi connectivity index (χ1n) is 7.49. The SMILES string of the molecule is CC(CN)CCc1nc(C2COc3ccccc3C2)no1. The largest absolute Gasteiger partial charge is 0.493 e. The van der Waals surface area contributed by atoms with E-state index in [4.69, 9.17) is 15.0 Å². The Morgan fingerprint density at radius 3 is 3.10 bits per heavy atom. The van der Waals surface area contributed by atoms with Crippen molar-refractivity contribution in [1.82, 2.24) is 10.1 Å². The highest BCUT2D eigenvalue weighted by Crippen LogP contribution is 2.31. The minimum atomic E-state index is 0.171. The molecule has 2 aromatic rings. The Morgan fingerprint density at radius 1 is 1.38 bits per heavy atom. The number of ether oxygens (including phenoxy) is 1. The van der Waals surface area contributed by atoms with Crippen molar-refractivity contribution in [1.29, 1.82) is 0 Å². The number of rotatable bonds is 5. The number of hydrogen-bond acceptors (Lipinski definition) is 5. The molecule has 1 aliphatic rings. The van der Waals surface area contributed by atoms with Gasteiger partial charge in [0.1, 0.15) is 5.75 Å². The van der Waals surface area contributed by atoms with Crippen molar-refractivity contribution in [3.8, 4) is 5.75 Å². The van der Waals surface area contributed by atoms with E-state index in [1.807, 2.05) is 18.2 Å². The quantitative estimate of drug-likeness (QED) is 0.913. The normalized spacial score (nSPS) is 18.9. The summed E-state index contributed by atoms with van der Waals surface area (Å²) in [5.74, 6) is 3.06. The molecule has 1 aromatic heterocycles. The minimum absolute atomic E-state index is 0.171. The van der Waals surface area contributed by atoms with Crippen LogP contribution < -0.4 is 10.5 Å². The molecule has 0 amide bonds. The molecule has 0 spiro atoms. The number of nitrogens with zero attached hydrogens (tertiary/aromatic N) is 2. The second-order valence-electron chi connectivity index (χ2n) is 5.75. The molecule has 112 valence electrons. The molecule has 2 atom stereocenters. The van der Waals surface area contributed by atoms with Crippen molar-refractivity contribution in [2.24, 2.45) is 11.7 Å². The van der Waals surface area contributed by atoms with E-state index in [2.05, 4.69) is 23.1 Å². The summed E-state index contributed by atoms with van der Waals surface area (Å²) >= 11 is 0. The molecule has 1 aliphatic heterocycles. The number of aromatic nitrogens is 2. The summed E-state index contributed by atoms with van der Waals surface area (Å²) in [7, 11) is 0. The molecule has 0 bridgehead atoms. The van der Waals surface area contributed by atoms with Crippen LogP contribution in [0.5, 0.6) is 5.75 Å². The zero-order chi connectivity index (χ0) is 14.7. The Labute approximate surface area is 124 Å². The van der Waals surface area contributed by atoms with Crippen LogP contribution in [-0.4, -0.2) is 23.3 Å². The Kier molecular flexibility index (Phi) is 4.20. The molecule has 2 heterocycles. The lowest BCUT2D eigenvalue weighted by molar-refractivity contribution is 0.253. The maximum Gasteiger partial charge on any atom is 0.226 e. The molecule has 1 aromatic carbocycles. The van der Waals surface area contributed by atoms with E-state index in [0.717, 1.165) is 30.8 Å². The van der Waals surface area contributed by atoms with Crippen molar-refractivity contribution >= 4 is 0 Å². The van der Waals surface area contributed by atoms with E-state index in [-0.39, 0.29) is 5.92 Å². The molecule has 0 fully saturated rings. The van der Waals surface area contributed by atoms with Crippen LogP contribution in [0.3, 0.4) is 0 Å². The third kappa shape index (κ3) is 3.24. The first-order chi connectivity index (χ1) is 10.3. The Morgan fingerprint density at radius 2 is 2.24 bits per heavy atom. The van der Waals surface area contributed by atoms with Crippen LogP contribution in [0.2, 0.25) is 0 Å². The summed E-state index contributed by atoms with van der Waals surface area (Å²) in [6.45, 7) is 3.42. The van der Waals surface area contributed by atoms with Crippen LogP contribution in [-0.2, 0) is 12.8 Å². The standard InChI is InChI=1S/C16H21N3O2/c1-11(9-17)6-7-15-18-16(19-21-15)13-8-12-4-2-3-5-14(12)20-10-13/h2-5,11,13H,6-10,17H2,1H3. The first kappa shape index (κ1) is 14.1. The Balaban J connectivity index is 1.65. The molecule has 3 rings (SSSR count). The van der Waals surface area contributed by atoms with Crippen LogP contribution in [0.4, 0.5) is 0 Å². The average molecular weight is 287 g/mol. The molecule has 0 aliphatic carbocycles. The molecule has 2 unspecified atom stereocenters. The van der Waals surface area contributed by atoms with Gasteiger partial charge in [-0.05, 0) is 36.9 Å². The highest BCUT2D eigenvalue weighted by Gasteiger charge is 2.25. The predicted molar refractivity (Wildman–Crippen MR) is 79.2 cm³/mol. The molecule has 5 nitrogen and oxygen atoms in total. The third-order valence-electron chi connectivity index (χ3n) is 3.98. The monoisotopic (exact) mass is 287 g/mol. The number of para-hydroxylation sites is 1. The van der Waals surface area contributed by atoms with E-state index < -0.39 is 0 Å². The van der Waals surface area contributed by atoms with Crippen LogP contribution in [0.1, 0.15) is 36.5 Å². The van der Waals surface area contributed by atoms with Gasteiger partial charge < -0.3 is 15.0 Å². The van der Waals surface area contributed by atoms with E-state index in [9.17, 15) is 0 Å². The summed E-state index contributed by atoms with van der Waals surface area (Å²) in [4.78, 5) is 4.51. The summed E-state index contributed by atoms with van der Waals surface area (Å²) < 4.78 is 11.1. The molecule has 0 saturated carbocycles. The van der Waals surface area contributed by atoms with E-state index in [1.165, 1.54) is 5.56 Å². The molecular formula is C16H21N3O2. The van der Waals surface area contributed by atoms with Gasteiger partial charge in [0.05, 0.1) is 12.5 Å². The van der Waals surface area contributed by atoms with Gasteiger partial charge in [-0.1, -0.05) is 30.3 Å². The number of fused-ring (bicyclic) bond motifs is 1. The van der Waals surface area contributed by atoms with Gasteiger partial charge in [-0.25, -0.2) is 0 Å². The minimum Gasteiger partial charge on any atom is -0.493 e. The smallest absolute Gasteiger partial charge is 0.226 e. The van der Waals surface area contributed by atoms with Gasteiger partial charge in [-0.15, -0.1) is 0 Å². The van der Waals surface area contributed by atoms with Crippen LogP contribution >= 0.6 is 0 Å². The molecule has 0 radical (unpaired) electrons. The fraction of sp³-hybridized carbons (Fsp3) is 0.500. The molecule has 5 heteroatoms. The topological polar surface area (TPSA) is 74.2 Å². The predicted octanol–water partition coefficient (Wildman–Crippen LogP) is 2.32. The Bertz CT molecular complexity index is 597. The lowest BCUT2D eigenvalue weighted by Crippen LogP contribution is -2.20. The molecule has 21 heavy (non-hydrogen) atoms. The lowest BCUT2D eigenvalue weighted by atomic mass is 9.96. The molecule has 0 saturated heterocycles. The van der Waals surface area contributed by atoms with Crippen molar-refractivity contribution in [3.63, 3.8) is 0 Å². The average Bonchev–Trinajstić information content (AvgIpc) is 3.01. The maximum atomic E-state index is 5.78. The summed E-state index contributed by atoms with van der Waals surface area (Å²) in [5, 5.41) is 4.12. The van der Waals surface area contributed by atoms with Gasteiger partial charge in [0.25, 0.3) is 0 Å². The van der Waals surface area contributed by atoms with Crippen molar-refractivity contribution in [3.05, 3.63) is 41.5 Å². The number of nitrogens with two attached hydrogens (primary N) is 1. The highest BCUT2D eigenvalue weighted by atomic mass is 16.5. The molecule has 2 N–H and O–H groups in total. The molecular weight excluding hydrogens is 266 g/mol. The van der Waals surface area contributed by atoms with Crippen LogP contribution in [0.15, 0.2) is 28.8 Å². The maximum absolute atomic E-state index is 5.78. The number of hydrogen-bond donors (Lipinski definition) is 1. The van der Waals surface area contributed by atoms with Gasteiger partial charge in [0.2, 0.25) is 5.89 Å². The van der Waals surface area contributed by atoms with Gasteiger partial charge in [0.15, 0.2) is 5.82 Å². The zero-order valence-corrected chi connectivity index (χ0v) is 12.3. The summed E-state index contributed by atoms with van der Waals surface area (Å²) in [5.41, 5.74) is 6.83.